The van der Waals surface area contributed by atoms with Crippen LogP contribution in [0.2, 0.25) is 0 Å². The summed E-state index contributed by atoms with van der Waals surface area (Å²) in [5, 5.41) is 5.25. The molecule has 7 rings (SSSR count). The minimum absolute atomic E-state index is 0.410. The van der Waals surface area contributed by atoms with Gasteiger partial charge in [-0.1, -0.05) is 72.8 Å². The number of hydrogen-bond donors (Lipinski definition) is 0. The zero-order valence-corrected chi connectivity index (χ0v) is 17.1. The summed E-state index contributed by atoms with van der Waals surface area (Å²) in [4.78, 5) is 8.71. The Balaban J connectivity index is 0.000000126. The molecular weight excluding hydrogens is 396 g/mol. The monoisotopic (exact) mass is 414 g/mol. The fourth-order valence-corrected chi connectivity index (χ4v) is 3.81. The molecule has 0 atom stereocenters. The Labute approximate surface area is 183 Å². The first-order valence-corrected chi connectivity index (χ1v) is 10.4. The third-order valence-corrected chi connectivity index (χ3v) is 5.38. The van der Waals surface area contributed by atoms with Crippen LogP contribution >= 0.6 is 0 Å². The predicted molar refractivity (Wildman–Crippen MR) is 128 cm³/mol. The van der Waals surface area contributed by atoms with Crippen LogP contribution < -0.4 is 0 Å². The van der Waals surface area contributed by atoms with Gasteiger partial charge in [-0.05, 0) is 57.9 Å². The molecule has 0 saturated carbocycles. The maximum atomic E-state index is 5.62. The smallest absolute Gasteiger partial charge is 0.284 e. The number of nitrogens with zero attached hydrogens (tertiary/aromatic N) is 2. The molecule has 0 aliphatic carbocycles. The van der Waals surface area contributed by atoms with Crippen LogP contribution in [0.15, 0.2) is 118 Å². The van der Waals surface area contributed by atoms with Gasteiger partial charge < -0.3 is 8.83 Å². The first-order valence-electron chi connectivity index (χ1n) is 10.4. The van der Waals surface area contributed by atoms with Crippen LogP contribution in [0.5, 0.6) is 0 Å². The van der Waals surface area contributed by atoms with Gasteiger partial charge in [0.2, 0.25) is 0 Å². The van der Waals surface area contributed by atoms with Crippen LogP contribution in [0, 0.1) is 0 Å². The highest BCUT2D eigenvalue weighted by Crippen LogP contribution is 2.26. The molecule has 0 aliphatic heterocycles. The molecule has 2 heterocycles. The van der Waals surface area contributed by atoms with E-state index >= 15 is 0 Å². The van der Waals surface area contributed by atoms with Crippen LogP contribution in [0.1, 0.15) is 0 Å². The lowest BCUT2D eigenvalue weighted by molar-refractivity contribution is 0.550. The normalized spacial score (nSPS) is 11.1. The molecule has 2 aromatic heterocycles. The standard InChI is InChI=1S/C14H8N2O2.C14H10/c1-3-7-11-9(5-1)15-13(17-11)14-16-10-6-2-4-8-12(10)18-14;1-2-6-12-10-14-8-4-3-7-13(14)9-11(12)5-1/h1-8H;1-10H. The van der Waals surface area contributed by atoms with Crippen molar-refractivity contribution in [1.82, 2.24) is 9.97 Å². The molecular formula is C28H18N2O2. The molecule has 152 valence electrons. The second kappa shape index (κ2) is 7.67. The average molecular weight is 414 g/mol. The number of hydrogen-bond acceptors (Lipinski definition) is 4. The Morgan fingerprint density at radius 2 is 0.750 bits per heavy atom. The highest BCUT2D eigenvalue weighted by molar-refractivity contribution is 5.98. The lowest BCUT2D eigenvalue weighted by Crippen LogP contribution is -1.74. The molecule has 7 aromatic rings. The van der Waals surface area contributed by atoms with Crippen molar-refractivity contribution >= 4 is 43.7 Å². The summed E-state index contributed by atoms with van der Waals surface area (Å²) in [7, 11) is 0. The summed E-state index contributed by atoms with van der Waals surface area (Å²) in [5.41, 5.74) is 3.06. The summed E-state index contributed by atoms with van der Waals surface area (Å²) in [5.74, 6) is 0.819. The molecule has 0 saturated heterocycles. The maximum Gasteiger partial charge on any atom is 0.284 e. The maximum absolute atomic E-state index is 5.62. The third-order valence-electron chi connectivity index (χ3n) is 5.38. The summed E-state index contributed by atoms with van der Waals surface area (Å²) in [6, 6.07) is 36.6. The molecule has 0 N–H and O–H groups in total. The van der Waals surface area contributed by atoms with Gasteiger partial charge in [-0.2, -0.15) is 0 Å². The second-order valence-corrected chi connectivity index (χ2v) is 7.52. The van der Waals surface area contributed by atoms with E-state index in [1.165, 1.54) is 21.5 Å². The Hall–Kier alpha value is -4.44. The molecule has 0 radical (unpaired) electrons. The molecule has 0 aliphatic rings. The predicted octanol–water partition coefficient (Wildman–Crippen LogP) is 7.63. The van der Waals surface area contributed by atoms with Gasteiger partial charge in [-0.3, -0.25) is 0 Å². The van der Waals surface area contributed by atoms with Gasteiger partial charge in [0.15, 0.2) is 11.2 Å². The second-order valence-electron chi connectivity index (χ2n) is 7.52. The van der Waals surface area contributed by atoms with Crippen molar-refractivity contribution < 1.29 is 8.83 Å². The average Bonchev–Trinajstić information content (AvgIpc) is 3.47. The van der Waals surface area contributed by atoms with E-state index < -0.39 is 0 Å². The minimum Gasteiger partial charge on any atom is -0.432 e. The van der Waals surface area contributed by atoms with Crippen molar-refractivity contribution in [3.8, 4) is 11.8 Å². The molecule has 0 amide bonds. The van der Waals surface area contributed by atoms with Gasteiger partial charge in [0.25, 0.3) is 11.8 Å². The molecule has 4 nitrogen and oxygen atoms in total. The molecule has 0 spiro atoms. The van der Waals surface area contributed by atoms with Gasteiger partial charge in [-0.25, -0.2) is 9.97 Å². The third kappa shape index (κ3) is 3.38. The number of aromatic nitrogens is 2. The van der Waals surface area contributed by atoms with Crippen molar-refractivity contribution in [1.29, 1.82) is 0 Å². The van der Waals surface area contributed by atoms with Crippen molar-refractivity contribution in [2.45, 2.75) is 0 Å². The number of oxazole rings is 2. The topological polar surface area (TPSA) is 52.1 Å². The SMILES string of the molecule is c1ccc2cc3ccccc3cc2c1.c1ccc2oc(-c3nc4ccccc4o3)nc2c1. The summed E-state index contributed by atoms with van der Waals surface area (Å²) < 4.78 is 11.2. The van der Waals surface area contributed by atoms with E-state index in [1.807, 2.05) is 48.5 Å². The number of benzene rings is 5. The highest BCUT2D eigenvalue weighted by Gasteiger charge is 2.14. The molecule has 0 bridgehead atoms. The van der Waals surface area contributed by atoms with Crippen LogP contribution in [-0.2, 0) is 0 Å². The van der Waals surface area contributed by atoms with E-state index in [2.05, 4.69) is 70.6 Å². The van der Waals surface area contributed by atoms with Gasteiger partial charge in [0, 0.05) is 0 Å². The van der Waals surface area contributed by atoms with Crippen molar-refractivity contribution in [2.24, 2.45) is 0 Å². The molecule has 0 unspecified atom stereocenters. The van der Waals surface area contributed by atoms with Crippen LogP contribution in [-0.4, -0.2) is 9.97 Å². The zero-order chi connectivity index (χ0) is 21.3. The number of rotatable bonds is 1. The van der Waals surface area contributed by atoms with Gasteiger partial charge in [-0.15, -0.1) is 0 Å². The van der Waals surface area contributed by atoms with Gasteiger partial charge in [0.1, 0.15) is 11.0 Å². The van der Waals surface area contributed by atoms with Gasteiger partial charge >= 0.3 is 0 Å². The summed E-state index contributed by atoms with van der Waals surface area (Å²) in [6.07, 6.45) is 0. The molecule has 0 fully saturated rings. The summed E-state index contributed by atoms with van der Waals surface area (Å²) in [6.45, 7) is 0. The van der Waals surface area contributed by atoms with Crippen LogP contribution in [0.25, 0.3) is 55.5 Å². The van der Waals surface area contributed by atoms with E-state index in [-0.39, 0.29) is 0 Å². The van der Waals surface area contributed by atoms with Gasteiger partial charge in [0.05, 0.1) is 0 Å². The molecule has 32 heavy (non-hydrogen) atoms. The van der Waals surface area contributed by atoms with Crippen LogP contribution in [0.4, 0.5) is 0 Å². The van der Waals surface area contributed by atoms with E-state index in [0.29, 0.717) is 11.8 Å². The van der Waals surface area contributed by atoms with Crippen molar-refractivity contribution in [2.75, 3.05) is 0 Å². The fourth-order valence-electron chi connectivity index (χ4n) is 3.81. The largest absolute Gasteiger partial charge is 0.432 e. The first kappa shape index (κ1) is 18.3. The quantitative estimate of drug-likeness (QED) is 0.259. The lowest BCUT2D eigenvalue weighted by atomic mass is 10.0. The number of fused-ring (bicyclic) bond motifs is 4. The minimum atomic E-state index is 0.410. The van der Waals surface area contributed by atoms with E-state index in [9.17, 15) is 0 Å². The van der Waals surface area contributed by atoms with E-state index in [4.69, 9.17) is 8.83 Å². The highest BCUT2D eigenvalue weighted by atomic mass is 16.4. The number of para-hydroxylation sites is 4. The van der Waals surface area contributed by atoms with E-state index in [0.717, 1.165) is 22.2 Å². The summed E-state index contributed by atoms with van der Waals surface area (Å²) >= 11 is 0. The Morgan fingerprint density at radius 3 is 1.12 bits per heavy atom. The Bertz CT molecular complexity index is 1450. The Kier molecular flexibility index (Phi) is 4.40. The zero-order valence-electron chi connectivity index (χ0n) is 17.1. The molecule has 5 aromatic carbocycles. The van der Waals surface area contributed by atoms with Crippen molar-refractivity contribution in [3.63, 3.8) is 0 Å². The van der Waals surface area contributed by atoms with E-state index in [1.54, 1.807) is 0 Å². The Morgan fingerprint density at radius 1 is 0.406 bits per heavy atom. The van der Waals surface area contributed by atoms with Crippen LogP contribution in [0.3, 0.4) is 0 Å². The molecule has 4 heteroatoms. The fraction of sp³-hybridized carbons (Fsp3) is 0. The lowest BCUT2D eigenvalue weighted by Gasteiger charge is -2.00. The first-order chi connectivity index (χ1) is 15.8. The van der Waals surface area contributed by atoms with Crippen molar-refractivity contribution in [3.05, 3.63) is 109 Å².